The fourth-order valence-electron chi connectivity index (χ4n) is 5.13. The summed E-state index contributed by atoms with van der Waals surface area (Å²) in [5.41, 5.74) is 4.88. The molecular formula is C26H29N7O2. The Hall–Kier alpha value is -3.56. The van der Waals surface area contributed by atoms with Gasteiger partial charge in [0.15, 0.2) is 5.82 Å². The molecule has 9 heteroatoms. The third kappa shape index (κ3) is 4.33. The van der Waals surface area contributed by atoms with Crippen molar-refractivity contribution in [3.8, 4) is 16.9 Å². The van der Waals surface area contributed by atoms with E-state index in [9.17, 15) is 0 Å². The smallest absolute Gasteiger partial charge is 0.154 e. The van der Waals surface area contributed by atoms with E-state index in [1.165, 1.54) is 0 Å². The molecule has 4 aromatic heterocycles. The minimum absolute atomic E-state index is 0.135. The summed E-state index contributed by atoms with van der Waals surface area (Å²) < 4.78 is 14.3. The van der Waals surface area contributed by atoms with Gasteiger partial charge in [0.2, 0.25) is 0 Å². The second kappa shape index (κ2) is 8.90. The Kier molecular flexibility index (Phi) is 5.58. The quantitative estimate of drug-likeness (QED) is 0.470. The third-order valence-electron chi connectivity index (χ3n) is 6.99. The predicted molar refractivity (Wildman–Crippen MR) is 133 cm³/mol. The highest BCUT2D eigenvalue weighted by Crippen LogP contribution is 2.37. The summed E-state index contributed by atoms with van der Waals surface area (Å²) in [4.78, 5) is 15.5. The predicted octanol–water partition coefficient (Wildman–Crippen LogP) is 3.79. The van der Waals surface area contributed by atoms with Crippen molar-refractivity contribution in [3.63, 3.8) is 0 Å². The molecule has 2 unspecified atom stereocenters. The second-order valence-electron chi connectivity index (χ2n) is 9.49. The fourth-order valence-corrected chi connectivity index (χ4v) is 5.13. The second-order valence-corrected chi connectivity index (χ2v) is 9.49. The van der Waals surface area contributed by atoms with Gasteiger partial charge in [-0.2, -0.15) is 5.10 Å². The minimum Gasteiger partial charge on any atom is -0.488 e. The molecule has 9 nitrogen and oxygen atoms in total. The van der Waals surface area contributed by atoms with Crippen LogP contribution in [0.25, 0.3) is 16.6 Å². The van der Waals surface area contributed by atoms with Gasteiger partial charge in [-0.1, -0.05) is 6.07 Å². The maximum atomic E-state index is 6.64. The highest BCUT2D eigenvalue weighted by atomic mass is 16.5. The number of nitrogens with zero attached hydrogens (tertiary/aromatic N) is 6. The highest BCUT2D eigenvalue weighted by Gasteiger charge is 2.38. The Morgan fingerprint density at radius 3 is 2.57 bits per heavy atom. The molecule has 180 valence electrons. The normalized spacial score (nSPS) is 22.3. The summed E-state index contributed by atoms with van der Waals surface area (Å²) in [5.74, 6) is 2.23. The molecule has 0 aliphatic carbocycles. The number of ether oxygens (including phenoxy) is 2. The number of pyridine rings is 2. The first-order valence-corrected chi connectivity index (χ1v) is 12.0. The molecule has 2 bridgehead atoms. The van der Waals surface area contributed by atoms with E-state index in [4.69, 9.17) is 14.6 Å². The van der Waals surface area contributed by atoms with Crippen molar-refractivity contribution in [2.75, 3.05) is 25.6 Å². The number of likely N-dealkylation sites (N-methyl/N-ethyl adjacent to an activating group) is 1. The van der Waals surface area contributed by atoms with Crippen LogP contribution in [0, 0.1) is 13.8 Å². The van der Waals surface area contributed by atoms with Gasteiger partial charge in [0.25, 0.3) is 0 Å². The third-order valence-corrected chi connectivity index (χ3v) is 6.99. The van der Waals surface area contributed by atoms with Gasteiger partial charge in [-0.3, -0.25) is 9.88 Å². The Labute approximate surface area is 204 Å². The average Bonchev–Trinajstić information content (AvgIpc) is 3.23. The Morgan fingerprint density at radius 1 is 0.971 bits per heavy atom. The summed E-state index contributed by atoms with van der Waals surface area (Å²) >= 11 is 0. The highest BCUT2D eigenvalue weighted by molar-refractivity contribution is 5.85. The van der Waals surface area contributed by atoms with Crippen molar-refractivity contribution >= 4 is 17.2 Å². The van der Waals surface area contributed by atoms with E-state index in [2.05, 4.69) is 44.3 Å². The maximum Gasteiger partial charge on any atom is 0.154 e. The van der Waals surface area contributed by atoms with Gasteiger partial charge in [0, 0.05) is 65.8 Å². The van der Waals surface area contributed by atoms with Crippen LogP contribution in [-0.4, -0.2) is 67.9 Å². The number of hydrogen-bond acceptors (Lipinski definition) is 8. The van der Waals surface area contributed by atoms with Crippen LogP contribution < -0.4 is 10.1 Å². The van der Waals surface area contributed by atoms with E-state index in [1.54, 1.807) is 6.33 Å². The number of anilines is 2. The largest absolute Gasteiger partial charge is 0.488 e. The molecule has 2 aliphatic rings. The molecule has 0 saturated carbocycles. The minimum atomic E-state index is 0.135. The zero-order valence-corrected chi connectivity index (χ0v) is 20.2. The first kappa shape index (κ1) is 21.9. The summed E-state index contributed by atoms with van der Waals surface area (Å²) in [6, 6.07) is 10.9. The van der Waals surface area contributed by atoms with Crippen LogP contribution in [-0.2, 0) is 4.74 Å². The van der Waals surface area contributed by atoms with E-state index < -0.39 is 0 Å². The van der Waals surface area contributed by atoms with E-state index in [1.807, 2.05) is 49.0 Å². The molecule has 0 amide bonds. The lowest BCUT2D eigenvalue weighted by atomic mass is 9.92. The molecule has 2 aliphatic heterocycles. The number of fused-ring (bicyclic) bond motifs is 3. The molecule has 1 N–H and O–H groups in total. The van der Waals surface area contributed by atoms with Gasteiger partial charge >= 0.3 is 0 Å². The molecular weight excluding hydrogens is 442 g/mol. The summed E-state index contributed by atoms with van der Waals surface area (Å²) in [6.45, 7) is 5.48. The van der Waals surface area contributed by atoms with Gasteiger partial charge in [-0.15, -0.1) is 0 Å². The van der Waals surface area contributed by atoms with Crippen molar-refractivity contribution in [2.45, 2.75) is 44.9 Å². The maximum absolute atomic E-state index is 6.64. The lowest BCUT2D eigenvalue weighted by Gasteiger charge is -2.46. The van der Waals surface area contributed by atoms with Crippen LogP contribution in [0.1, 0.15) is 24.2 Å². The number of aryl methyl sites for hydroxylation is 2. The molecule has 2 fully saturated rings. The number of morpholine rings is 1. The van der Waals surface area contributed by atoms with Gasteiger partial charge in [0.1, 0.15) is 24.0 Å². The van der Waals surface area contributed by atoms with Crippen LogP contribution in [0.4, 0.5) is 11.6 Å². The number of nitrogens with one attached hydrogen (secondary N) is 1. The first-order chi connectivity index (χ1) is 17.0. The molecule has 6 heterocycles. The SMILES string of the molecule is Cc1cc(Nc2cc3c(-c4cc(C)ncc4OC4CC5COCC(C4)N5C)cccn3n2)ncn1. The van der Waals surface area contributed by atoms with Crippen molar-refractivity contribution in [2.24, 2.45) is 0 Å². The van der Waals surface area contributed by atoms with Crippen LogP contribution >= 0.6 is 0 Å². The number of rotatable bonds is 5. The number of piperidine rings is 1. The summed E-state index contributed by atoms with van der Waals surface area (Å²) in [5, 5.41) is 8.00. The van der Waals surface area contributed by atoms with Crippen molar-refractivity contribution in [1.29, 1.82) is 0 Å². The Bertz CT molecular complexity index is 1360. The Morgan fingerprint density at radius 2 is 1.77 bits per heavy atom. The van der Waals surface area contributed by atoms with Crippen molar-refractivity contribution in [3.05, 3.63) is 60.4 Å². The van der Waals surface area contributed by atoms with Gasteiger partial charge in [-0.25, -0.2) is 14.5 Å². The Balaban J connectivity index is 1.33. The van der Waals surface area contributed by atoms with Crippen molar-refractivity contribution in [1.82, 2.24) is 29.5 Å². The zero-order valence-electron chi connectivity index (χ0n) is 20.2. The van der Waals surface area contributed by atoms with E-state index in [0.717, 1.165) is 59.8 Å². The summed E-state index contributed by atoms with van der Waals surface area (Å²) in [6.07, 6.45) is 7.38. The van der Waals surface area contributed by atoms with Crippen LogP contribution in [0.15, 0.2) is 49.1 Å². The van der Waals surface area contributed by atoms with Crippen molar-refractivity contribution < 1.29 is 9.47 Å². The molecule has 2 atom stereocenters. The fraction of sp³-hybridized carbons (Fsp3) is 0.385. The lowest BCUT2D eigenvalue weighted by Crippen LogP contribution is -2.57. The molecule has 0 aromatic carbocycles. The number of aromatic nitrogens is 5. The topological polar surface area (TPSA) is 89.7 Å². The van der Waals surface area contributed by atoms with E-state index in [0.29, 0.717) is 23.7 Å². The molecule has 0 radical (unpaired) electrons. The van der Waals surface area contributed by atoms with Gasteiger partial charge in [-0.05, 0) is 33.0 Å². The zero-order chi connectivity index (χ0) is 23.9. The number of hydrogen-bond donors (Lipinski definition) is 1. The summed E-state index contributed by atoms with van der Waals surface area (Å²) in [7, 11) is 2.20. The average molecular weight is 472 g/mol. The standard InChI is InChI=1S/C26H29N7O2/c1-16-7-22(24(12-27-16)35-20-9-18-13-34-14-19(10-20)32(18)3)21-5-4-6-33-23(21)11-26(31-33)30-25-8-17(2)28-15-29-25/h4-8,11-12,15,18-20H,9-10,13-14H2,1-3H3,(H,28,29,30,31). The monoisotopic (exact) mass is 471 g/mol. The van der Waals surface area contributed by atoms with Gasteiger partial charge < -0.3 is 14.8 Å². The van der Waals surface area contributed by atoms with Crippen LogP contribution in [0.5, 0.6) is 5.75 Å². The molecule has 2 saturated heterocycles. The van der Waals surface area contributed by atoms with Crippen LogP contribution in [0.2, 0.25) is 0 Å². The molecule has 6 rings (SSSR count). The lowest BCUT2D eigenvalue weighted by molar-refractivity contribution is -0.0879. The molecule has 0 spiro atoms. The van der Waals surface area contributed by atoms with E-state index >= 15 is 0 Å². The first-order valence-electron chi connectivity index (χ1n) is 12.0. The molecule has 4 aromatic rings. The molecule has 35 heavy (non-hydrogen) atoms. The van der Waals surface area contributed by atoms with Crippen LogP contribution in [0.3, 0.4) is 0 Å². The van der Waals surface area contributed by atoms with Gasteiger partial charge in [0.05, 0.1) is 24.9 Å². The van der Waals surface area contributed by atoms with E-state index in [-0.39, 0.29) is 6.10 Å².